The number of benzene rings is 1. The zero-order chi connectivity index (χ0) is 17.6. The largest absolute Gasteiger partial charge is 0.379 e. The molecule has 0 saturated carbocycles. The Morgan fingerprint density at radius 1 is 1.29 bits per heavy atom. The molecule has 0 atom stereocenters. The van der Waals surface area contributed by atoms with Crippen molar-refractivity contribution in [3.8, 4) is 0 Å². The number of hydrogen-bond acceptors (Lipinski definition) is 4. The standard InChI is InChI=1S/C16H23ClN2O4S/c1-2-3-4-7-18-16(20)13-5-6-14(17)15(12-13)24(21,22)19-8-10-23-11-9-19/h5-6,12H,2-4,7-11H2,1H3,(H,18,20). The van der Waals surface area contributed by atoms with Gasteiger partial charge in [-0.15, -0.1) is 0 Å². The van der Waals surface area contributed by atoms with Crippen LogP contribution in [-0.4, -0.2) is 51.5 Å². The number of nitrogens with zero attached hydrogens (tertiary/aromatic N) is 1. The third kappa shape index (κ3) is 4.69. The molecule has 2 rings (SSSR count). The van der Waals surface area contributed by atoms with Crippen molar-refractivity contribution in [2.75, 3.05) is 32.8 Å². The molecule has 1 aromatic rings. The molecule has 0 aliphatic carbocycles. The molecule has 0 unspecified atom stereocenters. The molecule has 1 heterocycles. The minimum atomic E-state index is -3.74. The van der Waals surface area contributed by atoms with E-state index in [1.165, 1.54) is 22.5 Å². The average molecular weight is 375 g/mol. The lowest BCUT2D eigenvalue weighted by Gasteiger charge is -2.26. The van der Waals surface area contributed by atoms with Gasteiger partial charge in [-0.05, 0) is 24.6 Å². The molecule has 0 spiro atoms. The third-order valence-corrected chi connectivity index (χ3v) is 6.23. The molecule has 1 aliphatic rings. The van der Waals surface area contributed by atoms with Gasteiger partial charge in [0.05, 0.1) is 18.2 Å². The second-order valence-corrected chi connectivity index (χ2v) is 7.94. The Hall–Kier alpha value is -1.15. The number of morpholine rings is 1. The van der Waals surface area contributed by atoms with Crippen LogP contribution in [0.3, 0.4) is 0 Å². The van der Waals surface area contributed by atoms with Crippen molar-refractivity contribution < 1.29 is 17.9 Å². The highest BCUT2D eigenvalue weighted by Gasteiger charge is 2.29. The maximum Gasteiger partial charge on any atom is 0.251 e. The predicted molar refractivity (Wildman–Crippen MR) is 92.9 cm³/mol. The smallest absolute Gasteiger partial charge is 0.251 e. The van der Waals surface area contributed by atoms with E-state index < -0.39 is 10.0 Å². The monoisotopic (exact) mass is 374 g/mol. The Morgan fingerprint density at radius 2 is 2.00 bits per heavy atom. The van der Waals surface area contributed by atoms with Gasteiger partial charge in [0, 0.05) is 25.2 Å². The van der Waals surface area contributed by atoms with Crippen molar-refractivity contribution in [3.63, 3.8) is 0 Å². The molecule has 1 amide bonds. The Morgan fingerprint density at radius 3 is 2.67 bits per heavy atom. The highest BCUT2D eigenvalue weighted by atomic mass is 35.5. The highest BCUT2D eigenvalue weighted by molar-refractivity contribution is 7.89. The van der Waals surface area contributed by atoms with E-state index in [2.05, 4.69) is 12.2 Å². The van der Waals surface area contributed by atoms with Crippen molar-refractivity contribution in [1.82, 2.24) is 9.62 Å². The lowest BCUT2D eigenvalue weighted by Crippen LogP contribution is -2.40. The number of halogens is 1. The van der Waals surface area contributed by atoms with Crippen LogP contribution in [0.1, 0.15) is 36.5 Å². The second-order valence-electron chi connectivity index (χ2n) is 5.62. The second kappa shape index (κ2) is 8.80. The van der Waals surface area contributed by atoms with Gasteiger partial charge in [-0.25, -0.2) is 8.42 Å². The van der Waals surface area contributed by atoms with Gasteiger partial charge in [-0.2, -0.15) is 4.31 Å². The van der Waals surface area contributed by atoms with Crippen LogP contribution in [0.2, 0.25) is 5.02 Å². The molecular formula is C16H23ClN2O4S. The van der Waals surface area contributed by atoms with Crippen LogP contribution in [0.4, 0.5) is 0 Å². The van der Waals surface area contributed by atoms with E-state index in [4.69, 9.17) is 16.3 Å². The summed E-state index contributed by atoms with van der Waals surface area (Å²) < 4.78 is 32.0. The first-order valence-corrected chi connectivity index (χ1v) is 9.94. The van der Waals surface area contributed by atoms with Crippen molar-refractivity contribution in [1.29, 1.82) is 0 Å². The summed E-state index contributed by atoms with van der Waals surface area (Å²) in [5, 5.41) is 2.92. The summed E-state index contributed by atoms with van der Waals surface area (Å²) in [6.45, 7) is 3.94. The Labute approximate surface area is 148 Å². The Balaban J connectivity index is 2.17. The molecule has 1 aromatic carbocycles. The fourth-order valence-electron chi connectivity index (χ4n) is 2.45. The van der Waals surface area contributed by atoms with E-state index in [9.17, 15) is 13.2 Å². The SMILES string of the molecule is CCCCCNC(=O)c1ccc(Cl)c(S(=O)(=O)N2CCOCC2)c1. The predicted octanol–water partition coefficient (Wildman–Crippen LogP) is 2.28. The van der Waals surface area contributed by atoms with Crippen LogP contribution in [0.5, 0.6) is 0 Å². The number of amides is 1. The third-order valence-electron chi connectivity index (χ3n) is 3.85. The summed E-state index contributed by atoms with van der Waals surface area (Å²) in [7, 11) is -3.74. The van der Waals surface area contributed by atoms with E-state index in [0.29, 0.717) is 25.3 Å². The molecule has 134 valence electrons. The van der Waals surface area contributed by atoms with Gasteiger partial charge >= 0.3 is 0 Å². The van der Waals surface area contributed by atoms with Crippen LogP contribution in [0.25, 0.3) is 0 Å². The molecule has 24 heavy (non-hydrogen) atoms. The Bertz CT molecular complexity index is 673. The lowest BCUT2D eigenvalue weighted by atomic mass is 10.2. The van der Waals surface area contributed by atoms with E-state index >= 15 is 0 Å². The molecule has 0 bridgehead atoms. The minimum Gasteiger partial charge on any atom is -0.379 e. The van der Waals surface area contributed by atoms with Gasteiger partial charge in [-0.3, -0.25) is 4.79 Å². The number of carbonyl (C=O) groups excluding carboxylic acids is 1. The summed E-state index contributed by atoms with van der Waals surface area (Å²) in [4.78, 5) is 12.2. The normalized spacial score (nSPS) is 16.1. The minimum absolute atomic E-state index is 0.0349. The fourth-order valence-corrected chi connectivity index (χ4v) is 4.36. The van der Waals surface area contributed by atoms with E-state index in [1.807, 2.05) is 0 Å². The number of sulfonamides is 1. The first-order valence-electron chi connectivity index (χ1n) is 8.12. The zero-order valence-corrected chi connectivity index (χ0v) is 15.3. The topological polar surface area (TPSA) is 75.7 Å². The number of unbranched alkanes of at least 4 members (excludes halogenated alkanes) is 2. The number of hydrogen-bond donors (Lipinski definition) is 1. The first kappa shape index (κ1) is 19.2. The molecule has 0 aromatic heterocycles. The van der Waals surface area contributed by atoms with Gasteiger partial charge < -0.3 is 10.1 Å². The number of carbonyl (C=O) groups is 1. The van der Waals surface area contributed by atoms with Crippen molar-refractivity contribution in [2.45, 2.75) is 31.1 Å². The molecule has 1 fully saturated rings. The van der Waals surface area contributed by atoms with Gasteiger partial charge in [0.15, 0.2) is 0 Å². The van der Waals surface area contributed by atoms with Crippen LogP contribution < -0.4 is 5.32 Å². The molecule has 6 nitrogen and oxygen atoms in total. The van der Waals surface area contributed by atoms with Crippen LogP contribution in [0, 0.1) is 0 Å². The van der Waals surface area contributed by atoms with E-state index in [0.717, 1.165) is 19.3 Å². The van der Waals surface area contributed by atoms with Crippen molar-refractivity contribution in [3.05, 3.63) is 28.8 Å². The van der Waals surface area contributed by atoms with Gasteiger partial charge in [-0.1, -0.05) is 31.4 Å². The van der Waals surface area contributed by atoms with Crippen molar-refractivity contribution >= 4 is 27.5 Å². The van der Waals surface area contributed by atoms with Gasteiger partial charge in [0.1, 0.15) is 4.90 Å². The van der Waals surface area contributed by atoms with E-state index in [-0.39, 0.29) is 28.9 Å². The Kier molecular flexibility index (Phi) is 7.03. The van der Waals surface area contributed by atoms with Crippen LogP contribution >= 0.6 is 11.6 Å². The fraction of sp³-hybridized carbons (Fsp3) is 0.562. The van der Waals surface area contributed by atoms with Crippen molar-refractivity contribution in [2.24, 2.45) is 0 Å². The van der Waals surface area contributed by atoms with Gasteiger partial charge in [0.2, 0.25) is 10.0 Å². The van der Waals surface area contributed by atoms with Crippen LogP contribution in [-0.2, 0) is 14.8 Å². The number of nitrogens with one attached hydrogen (secondary N) is 1. The summed E-state index contributed by atoms with van der Waals surface area (Å²) in [5.41, 5.74) is 0.294. The molecular weight excluding hydrogens is 352 g/mol. The quantitative estimate of drug-likeness (QED) is 0.743. The summed E-state index contributed by atoms with van der Waals surface area (Å²) in [6, 6.07) is 4.34. The molecule has 8 heteroatoms. The maximum absolute atomic E-state index is 12.7. The molecule has 1 aliphatic heterocycles. The summed E-state index contributed by atoms with van der Waals surface area (Å²) in [6.07, 6.45) is 3.01. The first-order chi connectivity index (χ1) is 11.5. The molecule has 1 N–H and O–H groups in total. The molecule has 0 radical (unpaired) electrons. The highest BCUT2D eigenvalue weighted by Crippen LogP contribution is 2.26. The zero-order valence-electron chi connectivity index (χ0n) is 13.8. The maximum atomic E-state index is 12.7. The van der Waals surface area contributed by atoms with Crippen LogP contribution in [0.15, 0.2) is 23.1 Å². The lowest BCUT2D eigenvalue weighted by molar-refractivity contribution is 0.0730. The van der Waals surface area contributed by atoms with E-state index in [1.54, 1.807) is 0 Å². The summed E-state index contributed by atoms with van der Waals surface area (Å²) >= 11 is 6.08. The average Bonchev–Trinajstić information content (AvgIpc) is 2.59. The summed E-state index contributed by atoms with van der Waals surface area (Å²) in [5.74, 6) is -0.291. The number of ether oxygens (including phenoxy) is 1. The molecule has 1 saturated heterocycles. The van der Waals surface area contributed by atoms with Gasteiger partial charge in [0.25, 0.3) is 5.91 Å². The number of rotatable bonds is 7.